The lowest BCUT2D eigenvalue weighted by Gasteiger charge is -1.91. The number of aromatic nitrogens is 2. The first-order valence-corrected chi connectivity index (χ1v) is 5.44. The van der Waals surface area contributed by atoms with Gasteiger partial charge in [0.1, 0.15) is 9.34 Å². The van der Waals surface area contributed by atoms with Crippen LogP contribution in [0.2, 0.25) is 4.34 Å². The first kappa shape index (κ1) is 10.1. The largest absolute Gasteiger partial charge is 0.254 e. The van der Waals surface area contributed by atoms with Crippen molar-refractivity contribution in [3.8, 4) is 16.8 Å². The zero-order valence-electron chi connectivity index (χ0n) is 7.64. The highest BCUT2D eigenvalue weighted by atomic mass is 35.5. The molecular weight excluding hydrogens is 230 g/mol. The third-order valence-electron chi connectivity index (χ3n) is 1.78. The lowest BCUT2D eigenvalue weighted by Crippen LogP contribution is -1.84. The molecule has 0 unspecified atom stereocenters. The number of hydrogen-bond donors (Lipinski definition) is 0. The second-order valence-electron chi connectivity index (χ2n) is 2.79. The first-order valence-electron chi connectivity index (χ1n) is 4.25. The third kappa shape index (κ3) is 2.14. The van der Waals surface area contributed by atoms with Gasteiger partial charge in [0.25, 0.3) is 0 Å². The minimum absolute atomic E-state index is 0.238. The van der Waals surface area contributed by atoms with Gasteiger partial charge in [0.15, 0.2) is 0 Å². The van der Waals surface area contributed by atoms with Gasteiger partial charge in [-0.3, -0.25) is 4.98 Å². The van der Waals surface area contributed by atoms with Crippen molar-refractivity contribution in [1.82, 2.24) is 9.97 Å². The number of nitrogens with zero attached hydrogens (tertiary/aromatic N) is 3. The average molecular weight is 236 g/mol. The van der Waals surface area contributed by atoms with Crippen LogP contribution < -0.4 is 0 Å². The van der Waals surface area contributed by atoms with Crippen LogP contribution in [0.1, 0.15) is 5.69 Å². The van der Waals surface area contributed by atoms with E-state index in [-0.39, 0.29) is 6.42 Å². The summed E-state index contributed by atoms with van der Waals surface area (Å²) in [6, 6.07) is 7.63. The summed E-state index contributed by atoms with van der Waals surface area (Å²) < 4.78 is 0.567. The molecule has 0 spiro atoms. The average Bonchev–Trinajstić information content (AvgIpc) is 2.63. The van der Waals surface area contributed by atoms with Gasteiger partial charge in [-0.05, 0) is 12.1 Å². The molecule has 0 saturated carbocycles. The van der Waals surface area contributed by atoms with Crippen molar-refractivity contribution in [3.63, 3.8) is 0 Å². The summed E-state index contributed by atoms with van der Waals surface area (Å²) in [6.45, 7) is 0. The van der Waals surface area contributed by atoms with E-state index < -0.39 is 0 Å². The summed E-state index contributed by atoms with van der Waals surface area (Å²) in [5.41, 5.74) is 1.42. The molecule has 0 fully saturated rings. The number of halogens is 1. The molecule has 2 aromatic heterocycles. The van der Waals surface area contributed by atoms with Crippen molar-refractivity contribution in [1.29, 1.82) is 5.26 Å². The van der Waals surface area contributed by atoms with E-state index in [1.165, 1.54) is 11.3 Å². The van der Waals surface area contributed by atoms with Crippen LogP contribution >= 0.6 is 22.9 Å². The molecule has 3 nitrogen and oxygen atoms in total. The van der Waals surface area contributed by atoms with Crippen molar-refractivity contribution in [2.45, 2.75) is 6.42 Å². The van der Waals surface area contributed by atoms with E-state index >= 15 is 0 Å². The Morgan fingerprint density at radius 2 is 2.33 bits per heavy atom. The summed E-state index contributed by atoms with van der Waals surface area (Å²) in [5, 5.41) is 9.32. The van der Waals surface area contributed by atoms with E-state index in [1.807, 2.05) is 24.3 Å². The van der Waals surface area contributed by atoms with E-state index in [9.17, 15) is 0 Å². The van der Waals surface area contributed by atoms with Gasteiger partial charge in [-0.25, -0.2) is 4.98 Å². The molecule has 2 heterocycles. The highest BCUT2D eigenvalue weighted by molar-refractivity contribution is 7.19. The predicted octanol–water partition coefficient (Wildman–Crippen LogP) is 2.92. The van der Waals surface area contributed by atoms with Crippen LogP contribution in [-0.2, 0) is 6.42 Å². The van der Waals surface area contributed by atoms with Crippen LogP contribution in [0.15, 0.2) is 24.4 Å². The summed E-state index contributed by atoms with van der Waals surface area (Å²) in [6.07, 6.45) is 1.94. The van der Waals surface area contributed by atoms with Crippen LogP contribution in [0, 0.1) is 11.3 Å². The fraction of sp³-hybridized carbons (Fsp3) is 0.100. The van der Waals surface area contributed by atoms with Crippen LogP contribution in [0.25, 0.3) is 10.7 Å². The van der Waals surface area contributed by atoms with Gasteiger partial charge in [-0.1, -0.05) is 29.0 Å². The summed E-state index contributed by atoms with van der Waals surface area (Å²) in [7, 11) is 0. The molecule has 74 valence electrons. The van der Waals surface area contributed by atoms with Crippen molar-refractivity contribution in [3.05, 3.63) is 34.4 Å². The molecule has 0 atom stereocenters. The first-order chi connectivity index (χ1) is 7.31. The van der Waals surface area contributed by atoms with Crippen LogP contribution in [-0.4, -0.2) is 9.97 Å². The maximum atomic E-state index is 8.56. The van der Waals surface area contributed by atoms with Gasteiger partial charge in [-0.15, -0.1) is 0 Å². The maximum Gasteiger partial charge on any atom is 0.143 e. The Hall–Kier alpha value is -1.44. The van der Waals surface area contributed by atoms with Crippen LogP contribution in [0.5, 0.6) is 0 Å². The zero-order valence-corrected chi connectivity index (χ0v) is 9.22. The predicted molar refractivity (Wildman–Crippen MR) is 59.7 cm³/mol. The van der Waals surface area contributed by atoms with Crippen LogP contribution in [0.3, 0.4) is 0 Å². The Labute approximate surface area is 96.0 Å². The van der Waals surface area contributed by atoms with E-state index in [4.69, 9.17) is 16.9 Å². The Balaban J connectivity index is 2.40. The van der Waals surface area contributed by atoms with Crippen molar-refractivity contribution >= 4 is 22.9 Å². The standard InChI is InChI=1S/C10H6ClN3S/c11-9-7(4-5-12)14-10(15-9)8-3-1-2-6-13-8/h1-3,6H,4H2. The summed E-state index contributed by atoms with van der Waals surface area (Å²) in [4.78, 5) is 8.44. The Morgan fingerprint density at radius 1 is 1.47 bits per heavy atom. The molecule has 0 saturated heterocycles. The van der Waals surface area contributed by atoms with Crippen molar-refractivity contribution in [2.24, 2.45) is 0 Å². The minimum atomic E-state index is 0.238. The Bertz CT molecular complexity index is 501. The maximum absolute atomic E-state index is 8.56. The smallest absolute Gasteiger partial charge is 0.143 e. The second-order valence-corrected chi connectivity index (χ2v) is 4.39. The quantitative estimate of drug-likeness (QED) is 0.804. The monoisotopic (exact) mass is 235 g/mol. The molecule has 0 bridgehead atoms. The summed E-state index contributed by atoms with van der Waals surface area (Å²) >= 11 is 7.30. The topological polar surface area (TPSA) is 49.6 Å². The number of pyridine rings is 1. The fourth-order valence-electron chi connectivity index (χ4n) is 1.12. The molecule has 2 rings (SSSR count). The number of rotatable bonds is 2. The summed E-state index contributed by atoms with van der Waals surface area (Å²) in [5.74, 6) is 0. The minimum Gasteiger partial charge on any atom is -0.254 e. The van der Waals surface area contributed by atoms with E-state index in [0.717, 1.165) is 10.7 Å². The zero-order chi connectivity index (χ0) is 10.7. The normalized spacial score (nSPS) is 9.87. The number of hydrogen-bond acceptors (Lipinski definition) is 4. The molecule has 0 aliphatic heterocycles. The van der Waals surface area contributed by atoms with Gasteiger partial charge < -0.3 is 0 Å². The third-order valence-corrected chi connectivity index (χ3v) is 3.14. The van der Waals surface area contributed by atoms with Crippen molar-refractivity contribution < 1.29 is 0 Å². The lowest BCUT2D eigenvalue weighted by atomic mass is 10.3. The van der Waals surface area contributed by atoms with Crippen molar-refractivity contribution in [2.75, 3.05) is 0 Å². The highest BCUT2D eigenvalue weighted by Gasteiger charge is 2.10. The number of thiazole rings is 1. The molecule has 0 N–H and O–H groups in total. The van der Waals surface area contributed by atoms with Gasteiger partial charge in [0.2, 0.25) is 0 Å². The van der Waals surface area contributed by atoms with Gasteiger partial charge in [-0.2, -0.15) is 5.26 Å². The molecule has 0 amide bonds. The second kappa shape index (κ2) is 4.39. The lowest BCUT2D eigenvalue weighted by molar-refractivity contribution is 1.15. The Kier molecular flexibility index (Phi) is 2.95. The van der Waals surface area contributed by atoms with Gasteiger partial charge >= 0.3 is 0 Å². The fourth-order valence-corrected chi connectivity index (χ4v) is 2.23. The molecule has 15 heavy (non-hydrogen) atoms. The molecule has 0 aliphatic carbocycles. The molecule has 0 aromatic carbocycles. The molecule has 5 heteroatoms. The Morgan fingerprint density at radius 3 is 3.00 bits per heavy atom. The molecule has 0 aliphatic rings. The van der Waals surface area contributed by atoms with E-state index in [0.29, 0.717) is 10.0 Å². The van der Waals surface area contributed by atoms with Gasteiger partial charge in [0, 0.05) is 6.20 Å². The van der Waals surface area contributed by atoms with Crippen LogP contribution in [0.4, 0.5) is 0 Å². The molecule has 2 aromatic rings. The highest BCUT2D eigenvalue weighted by Crippen LogP contribution is 2.30. The van der Waals surface area contributed by atoms with E-state index in [2.05, 4.69) is 9.97 Å². The SMILES string of the molecule is N#CCc1nc(-c2ccccn2)sc1Cl. The van der Waals surface area contributed by atoms with Gasteiger partial charge in [0.05, 0.1) is 23.9 Å². The number of nitriles is 1. The molecular formula is C10H6ClN3S. The molecule has 0 radical (unpaired) electrons. The van der Waals surface area contributed by atoms with E-state index in [1.54, 1.807) is 6.20 Å².